The van der Waals surface area contributed by atoms with Crippen LogP contribution in [0.3, 0.4) is 0 Å². The predicted octanol–water partition coefficient (Wildman–Crippen LogP) is 1.52. The zero-order valence-corrected chi connectivity index (χ0v) is 15.5. The molecule has 0 radical (unpaired) electrons. The molecule has 1 aliphatic carbocycles. The number of hydrogen-bond donors (Lipinski definition) is 0. The van der Waals surface area contributed by atoms with Crippen molar-refractivity contribution in [3.05, 3.63) is 36.5 Å². The van der Waals surface area contributed by atoms with E-state index < -0.39 is 0 Å². The van der Waals surface area contributed by atoms with Crippen LogP contribution in [0.5, 0.6) is 0 Å². The summed E-state index contributed by atoms with van der Waals surface area (Å²) in [5, 5.41) is 4.17. The van der Waals surface area contributed by atoms with E-state index in [4.69, 9.17) is 0 Å². The van der Waals surface area contributed by atoms with Crippen LogP contribution in [0, 0.1) is 11.8 Å². The van der Waals surface area contributed by atoms with Gasteiger partial charge in [0.25, 0.3) is 0 Å². The van der Waals surface area contributed by atoms with Crippen LogP contribution in [0.15, 0.2) is 30.9 Å². The first kappa shape index (κ1) is 17.0. The molecular formula is C19H26N6O. The molecule has 138 valence electrons. The van der Waals surface area contributed by atoms with Gasteiger partial charge < -0.3 is 9.80 Å². The van der Waals surface area contributed by atoms with Gasteiger partial charge in [0.1, 0.15) is 5.82 Å². The summed E-state index contributed by atoms with van der Waals surface area (Å²) < 4.78 is 1.85. The van der Waals surface area contributed by atoms with E-state index in [0.717, 1.165) is 31.0 Å². The molecule has 2 aliphatic rings. The van der Waals surface area contributed by atoms with Gasteiger partial charge in [0, 0.05) is 69.8 Å². The Labute approximate surface area is 154 Å². The number of amides is 1. The summed E-state index contributed by atoms with van der Waals surface area (Å²) in [7, 11) is 4.02. The van der Waals surface area contributed by atoms with Gasteiger partial charge in [0.2, 0.25) is 5.91 Å². The van der Waals surface area contributed by atoms with Crippen molar-refractivity contribution in [2.45, 2.75) is 31.7 Å². The Balaban J connectivity index is 1.36. The molecule has 0 bridgehead atoms. The maximum absolute atomic E-state index is 12.7. The average Bonchev–Trinajstić information content (AvgIpc) is 3.35. The van der Waals surface area contributed by atoms with Crippen molar-refractivity contribution in [1.29, 1.82) is 0 Å². The van der Waals surface area contributed by atoms with Crippen molar-refractivity contribution in [2.24, 2.45) is 18.9 Å². The fourth-order valence-electron chi connectivity index (χ4n) is 4.60. The Morgan fingerprint density at radius 1 is 1.27 bits per heavy atom. The van der Waals surface area contributed by atoms with Crippen LogP contribution < -0.4 is 4.90 Å². The lowest BCUT2D eigenvalue weighted by Gasteiger charge is -2.30. The molecule has 2 fully saturated rings. The molecule has 0 aromatic carbocycles. The van der Waals surface area contributed by atoms with Crippen LogP contribution in [0.25, 0.3) is 0 Å². The fraction of sp³-hybridized carbons (Fsp3) is 0.579. The van der Waals surface area contributed by atoms with E-state index in [2.05, 4.69) is 31.9 Å². The number of likely N-dealkylation sites (tertiary alicyclic amines) is 1. The summed E-state index contributed by atoms with van der Waals surface area (Å²) in [5.74, 6) is 2.32. The Kier molecular flexibility index (Phi) is 4.61. The van der Waals surface area contributed by atoms with E-state index in [1.54, 1.807) is 18.6 Å². The van der Waals surface area contributed by atoms with Gasteiger partial charge in [-0.2, -0.15) is 5.10 Å². The number of nitrogens with zero attached hydrogens (tertiary/aromatic N) is 6. The molecular weight excluding hydrogens is 328 g/mol. The molecule has 1 amide bonds. The molecule has 3 atom stereocenters. The van der Waals surface area contributed by atoms with Gasteiger partial charge in [-0.1, -0.05) is 0 Å². The van der Waals surface area contributed by atoms with Crippen molar-refractivity contribution in [3.63, 3.8) is 0 Å². The Hall–Kier alpha value is -2.44. The molecule has 7 heteroatoms. The SMILES string of the molecule is CN(c1cnccn1)[C@H]1CC[C@@H]2CN(C(=O)CCc3ccnn3C)C[C@@H]21. The summed E-state index contributed by atoms with van der Waals surface area (Å²) >= 11 is 0. The third kappa shape index (κ3) is 3.18. The second-order valence-electron chi connectivity index (χ2n) is 7.49. The minimum Gasteiger partial charge on any atom is -0.355 e. The second-order valence-corrected chi connectivity index (χ2v) is 7.49. The van der Waals surface area contributed by atoms with Crippen molar-refractivity contribution in [3.8, 4) is 0 Å². The van der Waals surface area contributed by atoms with Crippen LogP contribution in [-0.2, 0) is 18.3 Å². The summed E-state index contributed by atoms with van der Waals surface area (Å²) in [6, 6.07) is 2.42. The van der Waals surface area contributed by atoms with Crippen LogP contribution >= 0.6 is 0 Å². The first-order valence-corrected chi connectivity index (χ1v) is 9.37. The third-order valence-electron chi connectivity index (χ3n) is 6.10. The fourth-order valence-corrected chi connectivity index (χ4v) is 4.60. The minimum atomic E-state index is 0.265. The van der Waals surface area contributed by atoms with Gasteiger partial charge in [-0.05, 0) is 31.2 Å². The van der Waals surface area contributed by atoms with E-state index in [1.807, 2.05) is 24.0 Å². The lowest BCUT2D eigenvalue weighted by molar-refractivity contribution is -0.130. The van der Waals surface area contributed by atoms with Gasteiger partial charge in [-0.25, -0.2) is 4.98 Å². The Morgan fingerprint density at radius 3 is 2.88 bits per heavy atom. The summed E-state index contributed by atoms with van der Waals surface area (Å²) in [4.78, 5) is 25.6. The largest absolute Gasteiger partial charge is 0.355 e. The Bertz CT molecular complexity index is 760. The van der Waals surface area contributed by atoms with E-state index in [0.29, 0.717) is 24.3 Å². The summed E-state index contributed by atoms with van der Waals surface area (Å²) in [6.07, 6.45) is 10.7. The average molecular weight is 354 g/mol. The zero-order valence-electron chi connectivity index (χ0n) is 15.5. The first-order chi connectivity index (χ1) is 12.6. The van der Waals surface area contributed by atoms with E-state index in [9.17, 15) is 4.79 Å². The molecule has 26 heavy (non-hydrogen) atoms. The highest BCUT2D eigenvalue weighted by Gasteiger charge is 2.45. The quantitative estimate of drug-likeness (QED) is 0.814. The van der Waals surface area contributed by atoms with Crippen LogP contribution in [0.4, 0.5) is 5.82 Å². The monoisotopic (exact) mass is 354 g/mol. The molecule has 4 rings (SSSR count). The van der Waals surface area contributed by atoms with E-state index in [1.165, 1.54) is 12.8 Å². The minimum absolute atomic E-state index is 0.265. The summed E-state index contributed by atoms with van der Waals surface area (Å²) in [5.41, 5.74) is 1.11. The maximum Gasteiger partial charge on any atom is 0.222 e. The lowest BCUT2D eigenvalue weighted by atomic mass is 9.97. The normalized spacial score (nSPS) is 24.7. The van der Waals surface area contributed by atoms with Gasteiger partial charge in [-0.3, -0.25) is 14.5 Å². The first-order valence-electron chi connectivity index (χ1n) is 9.37. The van der Waals surface area contributed by atoms with Crippen molar-refractivity contribution >= 4 is 11.7 Å². The smallest absolute Gasteiger partial charge is 0.222 e. The molecule has 7 nitrogen and oxygen atoms in total. The molecule has 2 aromatic rings. The van der Waals surface area contributed by atoms with Crippen molar-refractivity contribution < 1.29 is 4.79 Å². The lowest BCUT2D eigenvalue weighted by Crippen LogP contribution is -2.39. The number of aryl methyl sites for hydroxylation is 2. The maximum atomic E-state index is 12.7. The van der Waals surface area contributed by atoms with Gasteiger partial charge in [-0.15, -0.1) is 0 Å². The highest BCUT2D eigenvalue weighted by molar-refractivity contribution is 5.76. The zero-order chi connectivity index (χ0) is 18.1. The van der Waals surface area contributed by atoms with Gasteiger partial charge >= 0.3 is 0 Å². The number of rotatable bonds is 5. The molecule has 0 unspecified atom stereocenters. The molecule has 0 N–H and O–H groups in total. The van der Waals surface area contributed by atoms with Crippen LogP contribution in [-0.4, -0.2) is 56.7 Å². The predicted molar refractivity (Wildman–Crippen MR) is 98.5 cm³/mol. The van der Waals surface area contributed by atoms with Crippen LogP contribution in [0.1, 0.15) is 25.0 Å². The topological polar surface area (TPSA) is 67.2 Å². The number of hydrogen-bond acceptors (Lipinski definition) is 5. The Morgan fingerprint density at radius 2 is 2.15 bits per heavy atom. The number of anilines is 1. The van der Waals surface area contributed by atoms with E-state index >= 15 is 0 Å². The number of carbonyl (C=O) groups excluding carboxylic acids is 1. The van der Waals surface area contributed by atoms with Crippen molar-refractivity contribution in [2.75, 3.05) is 25.0 Å². The third-order valence-corrected chi connectivity index (χ3v) is 6.10. The standard InChI is InChI=1S/C19H26N6O/c1-23(18-11-20-9-10-21-18)17-5-3-14-12-25(13-16(14)17)19(26)6-4-15-7-8-22-24(15)2/h7-11,14,16-17H,3-6,12-13H2,1-2H3/t14-,16+,17+/m1/s1. The molecule has 3 heterocycles. The highest BCUT2D eigenvalue weighted by Crippen LogP contribution is 2.41. The van der Waals surface area contributed by atoms with Crippen LogP contribution in [0.2, 0.25) is 0 Å². The van der Waals surface area contributed by atoms with Gasteiger partial charge in [0.15, 0.2) is 0 Å². The number of carbonyl (C=O) groups is 1. The summed E-state index contributed by atoms with van der Waals surface area (Å²) in [6.45, 7) is 1.77. The number of fused-ring (bicyclic) bond motifs is 1. The van der Waals surface area contributed by atoms with E-state index in [-0.39, 0.29) is 5.91 Å². The molecule has 2 aromatic heterocycles. The molecule has 0 spiro atoms. The molecule has 1 aliphatic heterocycles. The van der Waals surface area contributed by atoms with Crippen molar-refractivity contribution in [1.82, 2.24) is 24.6 Å². The van der Waals surface area contributed by atoms with Gasteiger partial charge in [0.05, 0.1) is 6.20 Å². The second kappa shape index (κ2) is 7.05. The number of aromatic nitrogens is 4. The highest BCUT2D eigenvalue weighted by atomic mass is 16.2. The molecule has 1 saturated heterocycles. The molecule has 1 saturated carbocycles.